The molecule has 3 rings (SSSR count). The van der Waals surface area contributed by atoms with Crippen molar-refractivity contribution in [2.45, 2.75) is 31.6 Å². The number of nitrogens with one attached hydrogen (secondary N) is 2. The smallest absolute Gasteiger partial charge is 0.240 e. The zero-order valence-corrected chi connectivity index (χ0v) is 17.5. The van der Waals surface area contributed by atoms with Gasteiger partial charge in [-0.25, -0.2) is 18.1 Å². The molecule has 1 amide bonds. The number of hydrogen-bond acceptors (Lipinski definition) is 5. The molecule has 0 unspecified atom stereocenters. The molecule has 2 aromatic carbocycles. The SMILES string of the molecule is Cc1ccc(C)c(S(=O)(=O)NCCC(=O)NCCc2nc3ccccc3s2)c1. The van der Waals surface area contributed by atoms with Crippen molar-refractivity contribution < 1.29 is 13.2 Å². The zero-order chi connectivity index (χ0) is 20.1. The Morgan fingerprint density at radius 1 is 1.11 bits per heavy atom. The molecule has 0 saturated heterocycles. The molecule has 0 aliphatic carbocycles. The van der Waals surface area contributed by atoms with Gasteiger partial charge < -0.3 is 5.32 Å². The number of fused-ring (bicyclic) bond motifs is 1. The second-order valence-electron chi connectivity index (χ2n) is 6.59. The third-order valence-corrected chi connectivity index (χ3v) is 6.98. The molecule has 28 heavy (non-hydrogen) atoms. The van der Waals surface area contributed by atoms with Gasteiger partial charge in [0.1, 0.15) is 0 Å². The van der Waals surface area contributed by atoms with Gasteiger partial charge in [0.2, 0.25) is 15.9 Å². The molecule has 1 heterocycles. The van der Waals surface area contributed by atoms with Crippen LogP contribution in [-0.2, 0) is 21.2 Å². The fourth-order valence-electron chi connectivity index (χ4n) is 2.80. The Labute approximate surface area is 169 Å². The summed E-state index contributed by atoms with van der Waals surface area (Å²) < 4.78 is 28.5. The average Bonchev–Trinajstić information content (AvgIpc) is 3.06. The van der Waals surface area contributed by atoms with Crippen LogP contribution in [0.1, 0.15) is 22.6 Å². The summed E-state index contributed by atoms with van der Waals surface area (Å²) >= 11 is 1.62. The summed E-state index contributed by atoms with van der Waals surface area (Å²) in [4.78, 5) is 16.8. The summed E-state index contributed by atoms with van der Waals surface area (Å²) in [5.41, 5.74) is 2.52. The van der Waals surface area contributed by atoms with Gasteiger partial charge in [-0.2, -0.15) is 0 Å². The molecule has 8 heteroatoms. The molecule has 0 saturated carbocycles. The van der Waals surface area contributed by atoms with Crippen LogP contribution in [0.4, 0.5) is 0 Å². The monoisotopic (exact) mass is 417 g/mol. The van der Waals surface area contributed by atoms with E-state index < -0.39 is 10.0 Å². The second-order valence-corrected chi connectivity index (χ2v) is 9.44. The van der Waals surface area contributed by atoms with Gasteiger partial charge in [-0.1, -0.05) is 24.3 Å². The van der Waals surface area contributed by atoms with E-state index in [4.69, 9.17) is 0 Å². The first-order chi connectivity index (χ1) is 13.3. The Morgan fingerprint density at radius 2 is 1.89 bits per heavy atom. The number of para-hydroxylation sites is 1. The Morgan fingerprint density at radius 3 is 2.68 bits per heavy atom. The Hall–Kier alpha value is -2.29. The quantitative estimate of drug-likeness (QED) is 0.590. The van der Waals surface area contributed by atoms with E-state index >= 15 is 0 Å². The van der Waals surface area contributed by atoms with Gasteiger partial charge in [0, 0.05) is 25.9 Å². The number of carbonyl (C=O) groups is 1. The largest absolute Gasteiger partial charge is 0.356 e. The zero-order valence-electron chi connectivity index (χ0n) is 15.9. The van der Waals surface area contributed by atoms with Crippen molar-refractivity contribution in [2.24, 2.45) is 0 Å². The minimum absolute atomic E-state index is 0.0582. The fraction of sp³-hybridized carbons (Fsp3) is 0.300. The topological polar surface area (TPSA) is 88.2 Å². The number of benzene rings is 2. The molecular weight excluding hydrogens is 394 g/mol. The molecule has 2 N–H and O–H groups in total. The van der Waals surface area contributed by atoms with Crippen molar-refractivity contribution in [2.75, 3.05) is 13.1 Å². The van der Waals surface area contributed by atoms with Crippen LogP contribution in [0.25, 0.3) is 10.2 Å². The number of nitrogens with zero attached hydrogens (tertiary/aromatic N) is 1. The van der Waals surface area contributed by atoms with E-state index in [1.165, 1.54) is 0 Å². The molecule has 0 fully saturated rings. The standard InChI is InChI=1S/C20H23N3O3S2/c1-14-7-8-15(2)18(13-14)28(25,26)22-12-9-19(24)21-11-10-20-23-16-5-3-4-6-17(16)27-20/h3-8,13,22H,9-12H2,1-2H3,(H,21,24). The fourth-order valence-corrected chi connectivity index (χ4v) is 5.12. The molecule has 3 aromatic rings. The number of sulfonamides is 1. The van der Waals surface area contributed by atoms with Gasteiger partial charge >= 0.3 is 0 Å². The van der Waals surface area contributed by atoms with Crippen LogP contribution >= 0.6 is 11.3 Å². The molecule has 0 radical (unpaired) electrons. The van der Waals surface area contributed by atoms with Crippen molar-refractivity contribution in [3.05, 3.63) is 58.6 Å². The number of aryl methyl sites for hydroxylation is 2. The summed E-state index contributed by atoms with van der Waals surface area (Å²) in [5.74, 6) is -0.190. The van der Waals surface area contributed by atoms with Gasteiger partial charge in [0.15, 0.2) is 0 Å². The van der Waals surface area contributed by atoms with E-state index in [0.29, 0.717) is 18.5 Å². The van der Waals surface area contributed by atoms with Crippen LogP contribution in [0.5, 0.6) is 0 Å². The van der Waals surface area contributed by atoms with Gasteiger partial charge in [-0.3, -0.25) is 4.79 Å². The summed E-state index contributed by atoms with van der Waals surface area (Å²) in [5, 5.41) is 3.78. The van der Waals surface area contributed by atoms with E-state index in [1.807, 2.05) is 37.3 Å². The molecule has 0 aliphatic heterocycles. The lowest BCUT2D eigenvalue weighted by Crippen LogP contribution is -2.32. The summed E-state index contributed by atoms with van der Waals surface area (Å²) in [6.45, 7) is 4.13. The minimum Gasteiger partial charge on any atom is -0.356 e. The van der Waals surface area contributed by atoms with Crippen molar-refractivity contribution >= 4 is 37.5 Å². The predicted octanol–water partition coefficient (Wildman–Crippen LogP) is 2.94. The molecule has 0 atom stereocenters. The highest BCUT2D eigenvalue weighted by atomic mass is 32.2. The highest BCUT2D eigenvalue weighted by Gasteiger charge is 2.17. The van der Waals surface area contributed by atoms with Crippen molar-refractivity contribution in [3.8, 4) is 0 Å². The maximum Gasteiger partial charge on any atom is 0.240 e. The molecule has 0 spiro atoms. The Kier molecular flexibility index (Phi) is 6.43. The van der Waals surface area contributed by atoms with Crippen LogP contribution in [0.3, 0.4) is 0 Å². The molecule has 148 valence electrons. The summed E-state index contributed by atoms with van der Waals surface area (Å²) in [6, 6.07) is 13.2. The maximum absolute atomic E-state index is 12.4. The van der Waals surface area contributed by atoms with E-state index in [-0.39, 0.29) is 23.8 Å². The van der Waals surface area contributed by atoms with Gasteiger partial charge in [0.25, 0.3) is 0 Å². The highest BCUT2D eigenvalue weighted by Crippen LogP contribution is 2.21. The van der Waals surface area contributed by atoms with Crippen molar-refractivity contribution in [3.63, 3.8) is 0 Å². The van der Waals surface area contributed by atoms with Gasteiger partial charge in [-0.05, 0) is 43.2 Å². The average molecular weight is 418 g/mol. The lowest BCUT2D eigenvalue weighted by molar-refractivity contribution is -0.120. The number of amides is 1. The molecule has 0 aliphatic rings. The lowest BCUT2D eigenvalue weighted by atomic mass is 10.2. The lowest BCUT2D eigenvalue weighted by Gasteiger charge is -2.10. The van der Waals surface area contributed by atoms with Crippen LogP contribution in [0, 0.1) is 13.8 Å². The normalized spacial score (nSPS) is 11.6. The van der Waals surface area contributed by atoms with Crippen LogP contribution in [-0.4, -0.2) is 32.4 Å². The number of rotatable bonds is 8. The Bertz CT molecular complexity index is 1060. The van der Waals surface area contributed by atoms with Crippen LogP contribution in [0.2, 0.25) is 0 Å². The molecular formula is C20H23N3O3S2. The third kappa shape index (κ3) is 5.15. The number of hydrogen-bond donors (Lipinski definition) is 2. The van der Waals surface area contributed by atoms with Crippen molar-refractivity contribution in [1.82, 2.24) is 15.0 Å². The van der Waals surface area contributed by atoms with E-state index in [2.05, 4.69) is 15.0 Å². The molecule has 6 nitrogen and oxygen atoms in total. The number of aromatic nitrogens is 1. The van der Waals surface area contributed by atoms with Gasteiger partial charge in [0.05, 0.1) is 20.1 Å². The highest BCUT2D eigenvalue weighted by molar-refractivity contribution is 7.89. The third-order valence-electron chi connectivity index (χ3n) is 4.28. The first-order valence-electron chi connectivity index (χ1n) is 9.03. The van der Waals surface area contributed by atoms with Gasteiger partial charge in [-0.15, -0.1) is 11.3 Å². The molecule has 1 aromatic heterocycles. The van der Waals surface area contributed by atoms with Crippen LogP contribution in [0.15, 0.2) is 47.4 Å². The first kappa shape index (κ1) is 20.4. The minimum atomic E-state index is -3.63. The Balaban J connectivity index is 1.44. The summed E-state index contributed by atoms with van der Waals surface area (Å²) in [7, 11) is -3.63. The second kappa shape index (κ2) is 8.81. The van der Waals surface area contributed by atoms with E-state index in [0.717, 1.165) is 20.8 Å². The van der Waals surface area contributed by atoms with Crippen LogP contribution < -0.4 is 10.0 Å². The molecule has 0 bridgehead atoms. The maximum atomic E-state index is 12.4. The van der Waals surface area contributed by atoms with E-state index in [9.17, 15) is 13.2 Å². The first-order valence-corrected chi connectivity index (χ1v) is 11.3. The van der Waals surface area contributed by atoms with Crippen molar-refractivity contribution in [1.29, 1.82) is 0 Å². The van der Waals surface area contributed by atoms with E-state index in [1.54, 1.807) is 30.4 Å². The summed E-state index contributed by atoms with van der Waals surface area (Å²) in [6.07, 6.45) is 0.739. The number of carbonyl (C=O) groups excluding carboxylic acids is 1. The predicted molar refractivity (Wildman–Crippen MR) is 112 cm³/mol. The number of thiazole rings is 1.